The van der Waals surface area contributed by atoms with E-state index in [-0.39, 0.29) is 5.69 Å². The van der Waals surface area contributed by atoms with Crippen molar-refractivity contribution >= 4 is 27.6 Å². The summed E-state index contributed by atoms with van der Waals surface area (Å²) in [5.41, 5.74) is 0.202. The molecule has 2 atom stereocenters. The molecule has 0 saturated carbocycles. The number of nitrogens with zero attached hydrogens (tertiary/aromatic N) is 1. The van der Waals surface area contributed by atoms with Crippen molar-refractivity contribution in [2.24, 2.45) is 5.92 Å². The van der Waals surface area contributed by atoms with Crippen LogP contribution in [0.15, 0.2) is 22.7 Å². The highest BCUT2D eigenvalue weighted by atomic mass is 79.9. The Hall–Kier alpha value is -1.47. The third kappa shape index (κ3) is 2.93. The molecule has 0 aromatic heterocycles. The maximum Gasteiger partial charge on any atom is 0.309 e. The number of carboxylic acids is 1. The molecule has 19 heavy (non-hydrogen) atoms. The number of ether oxygens (including phenoxy) is 1. The van der Waals surface area contributed by atoms with Crippen LogP contribution in [-0.2, 0) is 9.53 Å². The van der Waals surface area contributed by atoms with E-state index in [0.717, 1.165) is 0 Å². The van der Waals surface area contributed by atoms with Crippen molar-refractivity contribution in [2.75, 3.05) is 6.61 Å². The summed E-state index contributed by atoms with van der Waals surface area (Å²) in [7, 11) is 0. The molecule has 1 aromatic rings. The van der Waals surface area contributed by atoms with Gasteiger partial charge in [0.25, 0.3) is 5.69 Å². The number of hydrogen-bond acceptors (Lipinski definition) is 4. The molecule has 1 aromatic carbocycles. The van der Waals surface area contributed by atoms with E-state index in [9.17, 15) is 20.0 Å². The zero-order valence-electron chi connectivity index (χ0n) is 9.91. The zero-order chi connectivity index (χ0) is 14.0. The Labute approximate surface area is 117 Å². The van der Waals surface area contributed by atoms with Gasteiger partial charge in [-0.3, -0.25) is 14.9 Å². The van der Waals surface area contributed by atoms with Gasteiger partial charge in [-0.15, -0.1) is 0 Å². The predicted octanol–water partition coefficient (Wildman–Crippen LogP) is 2.91. The predicted molar refractivity (Wildman–Crippen MR) is 69.8 cm³/mol. The molecular formula is C12H12BrNO5. The number of benzene rings is 1. The van der Waals surface area contributed by atoms with Gasteiger partial charge in [-0.05, 0) is 25.0 Å². The van der Waals surface area contributed by atoms with Crippen LogP contribution < -0.4 is 0 Å². The second-order valence-electron chi connectivity index (χ2n) is 4.34. The van der Waals surface area contributed by atoms with Crippen molar-refractivity contribution in [3.8, 4) is 0 Å². The lowest BCUT2D eigenvalue weighted by molar-refractivity contribution is -0.386. The normalized spacial score (nSPS) is 23.0. The summed E-state index contributed by atoms with van der Waals surface area (Å²) in [5.74, 6) is -1.73. The number of nitro groups is 1. The minimum absolute atomic E-state index is 0.118. The fourth-order valence-electron chi connectivity index (χ4n) is 2.26. The molecule has 0 bridgehead atoms. The smallest absolute Gasteiger partial charge is 0.309 e. The summed E-state index contributed by atoms with van der Waals surface area (Å²) in [6.45, 7) is 0.418. The van der Waals surface area contributed by atoms with E-state index in [4.69, 9.17) is 4.74 Å². The van der Waals surface area contributed by atoms with Gasteiger partial charge in [0, 0.05) is 17.1 Å². The molecule has 1 saturated heterocycles. The van der Waals surface area contributed by atoms with Gasteiger partial charge in [0.1, 0.15) is 6.10 Å². The van der Waals surface area contributed by atoms with Crippen molar-refractivity contribution in [2.45, 2.75) is 18.9 Å². The van der Waals surface area contributed by atoms with E-state index in [2.05, 4.69) is 15.9 Å². The average molecular weight is 330 g/mol. The first-order valence-electron chi connectivity index (χ1n) is 5.79. The van der Waals surface area contributed by atoms with E-state index in [1.807, 2.05) is 0 Å². The Morgan fingerprint density at radius 3 is 2.89 bits per heavy atom. The number of rotatable bonds is 3. The summed E-state index contributed by atoms with van der Waals surface area (Å²) in [6.07, 6.45) is 0.352. The van der Waals surface area contributed by atoms with Gasteiger partial charge in [0.2, 0.25) is 0 Å². The van der Waals surface area contributed by atoms with Gasteiger partial charge in [-0.1, -0.05) is 15.9 Å². The van der Waals surface area contributed by atoms with Gasteiger partial charge in [0.15, 0.2) is 0 Å². The van der Waals surface area contributed by atoms with Crippen LogP contribution in [0.25, 0.3) is 0 Å². The third-order valence-electron chi connectivity index (χ3n) is 3.14. The summed E-state index contributed by atoms with van der Waals surface area (Å²) in [4.78, 5) is 21.8. The Morgan fingerprint density at radius 1 is 1.53 bits per heavy atom. The highest BCUT2D eigenvalue weighted by Crippen LogP contribution is 2.39. The van der Waals surface area contributed by atoms with Crippen LogP contribution in [0, 0.1) is 16.0 Å². The largest absolute Gasteiger partial charge is 0.481 e. The first-order valence-corrected chi connectivity index (χ1v) is 6.58. The lowest BCUT2D eigenvalue weighted by Gasteiger charge is -2.28. The highest BCUT2D eigenvalue weighted by molar-refractivity contribution is 9.10. The highest BCUT2D eigenvalue weighted by Gasteiger charge is 2.36. The summed E-state index contributed by atoms with van der Waals surface area (Å²) in [6, 6.07) is 4.57. The number of halogens is 1. The minimum atomic E-state index is -0.984. The molecule has 1 aliphatic heterocycles. The van der Waals surface area contributed by atoms with E-state index in [1.165, 1.54) is 6.07 Å². The van der Waals surface area contributed by atoms with Crippen molar-refractivity contribution in [1.29, 1.82) is 0 Å². The summed E-state index contributed by atoms with van der Waals surface area (Å²) < 4.78 is 6.04. The Kier molecular flexibility index (Phi) is 4.16. The van der Waals surface area contributed by atoms with Crippen molar-refractivity contribution < 1.29 is 19.6 Å². The number of carbonyl (C=O) groups is 1. The molecule has 102 valence electrons. The third-order valence-corrected chi connectivity index (χ3v) is 3.63. The van der Waals surface area contributed by atoms with Gasteiger partial charge in [-0.25, -0.2) is 0 Å². The molecule has 2 rings (SSSR count). The standard InChI is InChI=1S/C12H12BrNO5/c13-7-3-4-8(10(6-7)14(17)18)11-9(12(15)16)2-1-5-19-11/h3-4,6,9,11H,1-2,5H2,(H,15,16). The lowest BCUT2D eigenvalue weighted by atomic mass is 9.89. The molecule has 2 unspecified atom stereocenters. The SMILES string of the molecule is O=C(O)C1CCCOC1c1ccc(Br)cc1[N+](=O)[O-]. The van der Waals surface area contributed by atoms with Crippen LogP contribution in [0.2, 0.25) is 0 Å². The molecule has 0 radical (unpaired) electrons. The Bertz CT molecular complexity index is 519. The van der Waals surface area contributed by atoms with Crippen molar-refractivity contribution in [3.63, 3.8) is 0 Å². The zero-order valence-corrected chi connectivity index (χ0v) is 11.5. The van der Waals surface area contributed by atoms with Crippen LogP contribution in [0.1, 0.15) is 24.5 Å². The fraction of sp³-hybridized carbons (Fsp3) is 0.417. The molecule has 1 N–H and O–H groups in total. The number of carboxylic acid groups (broad SMARTS) is 1. The van der Waals surface area contributed by atoms with E-state index < -0.39 is 22.9 Å². The van der Waals surface area contributed by atoms with Crippen LogP contribution in [0.3, 0.4) is 0 Å². The molecule has 1 aliphatic rings. The van der Waals surface area contributed by atoms with Gasteiger partial charge >= 0.3 is 5.97 Å². The molecule has 0 aliphatic carbocycles. The number of hydrogen-bond donors (Lipinski definition) is 1. The average Bonchev–Trinajstić information content (AvgIpc) is 2.38. The molecule has 7 heteroatoms. The van der Waals surface area contributed by atoms with Crippen LogP contribution in [0.4, 0.5) is 5.69 Å². The number of nitro benzene ring substituents is 1. The lowest BCUT2D eigenvalue weighted by Crippen LogP contribution is -2.29. The fourth-order valence-corrected chi connectivity index (χ4v) is 2.61. The Balaban J connectivity index is 2.44. The van der Waals surface area contributed by atoms with Gasteiger partial charge in [-0.2, -0.15) is 0 Å². The van der Waals surface area contributed by atoms with Crippen LogP contribution in [-0.4, -0.2) is 22.6 Å². The molecule has 0 spiro atoms. The molecule has 6 nitrogen and oxygen atoms in total. The summed E-state index contributed by atoms with van der Waals surface area (Å²) >= 11 is 3.17. The number of aliphatic carboxylic acids is 1. The van der Waals surface area contributed by atoms with Gasteiger partial charge in [0.05, 0.1) is 16.4 Å². The van der Waals surface area contributed by atoms with Crippen molar-refractivity contribution in [3.05, 3.63) is 38.3 Å². The minimum Gasteiger partial charge on any atom is -0.481 e. The summed E-state index contributed by atoms with van der Waals surface area (Å²) in [5, 5.41) is 20.3. The van der Waals surface area contributed by atoms with Gasteiger partial charge < -0.3 is 9.84 Å². The molecule has 1 fully saturated rings. The van der Waals surface area contributed by atoms with Crippen LogP contribution in [0.5, 0.6) is 0 Å². The molecule has 1 heterocycles. The second kappa shape index (κ2) is 5.66. The molecule has 0 amide bonds. The van der Waals surface area contributed by atoms with Crippen molar-refractivity contribution in [1.82, 2.24) is 0 Å². The Morgan fingerprint density at radius 2 is 2.26 bits per heavy atom. The first kappa shape index (κ1) is 14.0. The van der Waals surface area contributed by atoms with E-state index in [0.29, 0.717) is 29.5 Å². The molecular weight excluding hydrogens is 318 g/mol. The quantitative estimate of drug-likeness (QED) is 0.680. The maximum atomic E-state index is 11.2. The topological polar surface area (TPSA) is 89.7 Å². The first-order chi connectivity index (χ1) is 9.00. The van der Waals surface area contributed by atoms with Crippen LogP contribution >= 0.6 is 15.9 Å². The van der Waals surface area contributed by atoms with E-state index >= 15 is 0 Å². The van der Waals surface area contributed by atoms with E-state index in [1.54, 1.807) is 12.1 Å². The maximum absolute atomic E-state index is 11.2. The second-order valence-corrected chi connectivity index (χ2v) is 5.25. The monoisotopic (exact) mass is 329 g/mol.